The molecule has 3 aliphatic rings. The molecule has 1 aromatic carbocycles. The van der Waals surface area contributed by atoms with E-state index in [9.17, 15) is 9.90 Å². The van der Waals surface area contributed by atoms with Crippen LogP contribution >= 0.6 is 0 Å². The Morgan fingerprint density at radius 3 is 2.94 bits per heavy atom. The number of fused-ring (bicyclic) bond motifs is 1. The summed E-state index contributed by atoms with van der Waals surface area (Å²) in [5, 5.41) is 9.28. The standard InChI is InChI=1S/C13H14O4/c1-16-9-5-3-2-4-8(9)13-6-10(17-7-13)11(13)12(14)15/h2-5,10-11H,6-7H2,1H3,(H,14,15)/t10-,11+,13-/m1/s1. The van der Waals surface area contributed by atoms with Crippen molar-refractivity contribution in [3.63, 3.8) is 0 Å². The van der Waals surface area contributed by atoms with Crippen LogP contribution in [0.4, 0.5) is 0 Å². The van der Waals surface area contributed by atoms with Crippen molar-refractivity contribution in [2.24, 2.45) is 5.92 Å². The first-order chi connectivity index (χ1) is 8.19. The Balaban J connectivity index is 2.06. The fourth-order valence-corrected chi connectivity index (χ4v) is 3.17. The minimum atomic E-state index is -0.773. The molecule has 4 rings (SSSR count). The molecule has 2 bridgehead atoms. The Bertz CT molecular complexity index is 466. The van der Waals surface area contributed by atoms with E-state index >= 15 is 0 Å². The highest BCUT2D eigenvalue weighted by Crippen LogP contribution is 2.58. The van der Waals surface area contributed by atoms with E-state index in [4.69, 9.17) is 9.47 Å². The third-order valence-corrected chi connectivity index (χ3v) is 4.00. The predicted octanol–water partition coefficient (Wildman–Crippen LogP) is 1.44. The molecule has 17 heavy (non-hydrogen) atoms. The van der Waals surface area contributed by atoms with Crippen molar-refractivity contribution >= 4 is 5.97 Å². The fraction of sp³-hybridized carbons (Fsp3) is 0.462. The van der Waals surface area contributed by atoms with Gasteiger partial charge in [0.1, 0.15) is 5.75 Å². The highest BCUT2D eigenvalue weighted by Gasteiger charge is 2.65. The summed E-state index contributed by atoms with van der Waals surface area (Å²) in [6.07, 6.45) is 0.655. The molecule has 1 saturated carbocycles. The van der Waals surface area contributed by atoms with E-state index in [-0.39, 0.29) is 11.5 Å². The van der Waals surface area contributed by atoms with Gasteiger partial charge in [0, 0.05) is 11.0 Å². The maximum atomic E-state index is 11.3. The lowest BCUT2D eigenvalue weighted by atomic mass is 9.57. The van der Waals surface area contributed by atoms with Gasteiger partial charge in [-0.25, -0.2) is 0 Å². The normalized spacial score (nSPS) is 34.2. The molecule has 1 N–H and O–H groups in total. The van der Waals surface area contributed by atoms with E-state index in [1.165, 1.54) is 0 Å². The summed E-state index contributed by atoms with van der Waals surface area (Å²) in [6, 6.07) is 7.62. The molecule has 2 heterocycles. The Morgan fingerprint density at radius 2 is 2.29 bits per heavy atom. The molecule has 3 atom stereocenters. The van der Waals surface area contributed by atoms with Crippen molar-refractivity contribution in [2.45, 2.75) is 17.9 Å². The van der Waals surface area contributed by atoms with Crippen molar-refractivity contribution < 1.29 is 19.4 Å². The van der Waals surface area contributed by atoms with Crippen LogP contribution in [-0.4, -0.2) is 30.9 Å². The Hall–Kier alpha value is -1.55. The van der Waals surface area contributed by atoms with E-state index in [0.717, 1.165) is 17.7 Å². The van der Waals surface area contributed by atoms with Crippen LogP contribution < -0.4 is 4.74 Å². The number of rotatable bonds is 3. The van der Waals surface area contributed by atoms with Crippen LogP contribution in [0.2, 0.25) is 0 Å². The van der Waals surface area contributed by atoms with Gasteiger partial charge in [-0.1, -0.05) is 18.2 Å². The average Bonchev–Trinajstić information content (AvgIpc) is 2.87. The van der Waals surface area contributed by atoms with Crippen LogP contribution in [0.15, 0.2) is 24.3 Å². The van der Waals surface area contributed by atoms with Crippen molar-refractivity contribution in [3.8, 4) is 5.75 Å². The van der Waals surface area contributed by atoms with Gasteiger partial charge in [0.2, 0.25) is 0 Å². The molecule has 2 aliphatic heterocycles. The zero-order valence-corrected chi connectivity index (χ0v) is 9.55. The number of carboxylic acid groups (broad SMARTS) is 1. The van der Waals surface area contributed by atoms with E-state index in [1.54, 1.807) is 7.11 Å². The summed E-state index contributed by atoms with van der Waals surface area (Å²) in [7, 11) is 1.61. The monoisotopic (exact) mass is 234 g/mol. The summed E-state index contributed by atoms with van der Waals surface area (Å²) in [5.74, 6) is -0.453. The molecule has 0 spiro atoms. The molecule has 0 radical (unpaired) electrons. The summed E-state index contributed by atoms with van der Waals surface area (Å²) >= 11 is 0. The molecule has 0 aromatic heterocycles. The molecule has 4 nitrogen and oxygen atoms in total. The van der Waals surface area contributed by atoms with E-state index in [0.29, 0.717) is 6.61 Å². The third-order valence-electron chi connectivity index (χ3n) is 4.00. The summed E-state index contributed by atoms with van der Waals surface area (Å²) in [6.45, 7) is 0.481. The Kier molecular flexibility index (Phi) is 2.16. The first-order valence-corrected chi connectivity index (χ1v) is 5.67. The number of ether oxygens (including phenoxy) is 2. The van der Waals surface area contributed by atoms with Crippen LogP contribution in [0.1, 0.15) is 12.0 Å². The number of hydrogen-bond donors (Lipinski definition) is 1. The minimum absolute atomic E-state index is 0.127. The smallest absolute Gasteiger partial charge is 0.310 e. The zero-order valence-electron chi connectivity index (χ0n) is 9.55. The maximum Gasteiger partial charge on any atom is 0.310 e. The molecule has 4 heteroatoms. The van der Waals surface area contributed by atoms with Crippen molar-refractivity contribution in [1.29, 1.82) is 0 Å². The molecule has 3 fully saturated rings. The van der Waals surface area contributed by atoms with Crippen molar-refractivity contribution in [1.82, 2.24) is 0 Å². The number of carbonyl (C=O) groups is 1. The lowest BCUT2D eigenvalue weighted by Crippen LogP contribution is -2.52. The van der Waals surface area contributed by atoms with Crippen LogP contribution in [-0.2, 0) is 14.9 Å². The second-order valence-electron chi connectivity index (χ2n) is 4.73. The molecule has 0 unspecified atom stereocenters. The lowest BCUT2D eigenvalue weighted by molar-refractivity contribution is -0.150. The van der Waals surface area contributed by atoms with Gasteiger partial charge in [0.05, 0.1) is 25.7 Å². The molecule has 0 amide bonds. The number of para-hydroxylation sites is 1. The number of methoxy groups -OCH3 is 1. The minimum Gasteiger partial charge on any atom is -0.496 e. The molecule has 90 valence electrons. The van der Waals surface area contributed by atoms with Crippen LogP contribution in [0.25, 0.3) is 0 Å². The lowest BCUT2D eigenvalue weighted by Gasteiger charge is -2.42. The highest BCUT2D eigenvalue weighted by atomic mass is 16.5. The summed E-state index contributed by atoms with van der Waals surface area (Å²) in [4.78, 5) is 11.3. The molecule has 1 aliphatic carbocycles. The fourth-order valence-electron chi connectivity index (χ4n) is 3.17. The maximum absolute atomic E-state index is 11.3. The number of benzene rings is 1. The van der Waals surface area contributed by atoms with Gasteiger partial charge < -0.3 is 14.6 Å². The summed E-state index contributed by atoms with van der Waals surface area (Å²) < 4.78 is 10.8. The van der Waals surface area contributed by atoms with Gasteiger partial charge in [-0.3, -0.25) is 4.79 Å². The van der Waals surface area contributed by atoms with Gasteiger partial charge in [0.25, 0.3) is 0 Å². The van der Waals surface area contributed by atoms with Crippen molar-refractivity contribution in [3.05, 3.63) is 29.8 Å². The van der Waals surface area contributed by atoms with Crippen LogP contribution in [0, 0.1) is 5.92 Å². The molecule has 1 aromatic rings. The summed E-state index contributed by atoms with van der Waals surface area (Å²) in [5.41, 5.74) is 0.576. The Labute approximate surface area is 99.2 Å². The van der Waals surface area contributed by atoms with Crippen LogP contribution in [0.3, 0.4) is 0 Å². The van der Waals surface area contributed by atoms with Crippen molar-refractivity contribution in [2.75, 3.05) is 13.7 Å². The van der Waals surface area contributed by atoms with Crippen LogP contribution in [0.5, 0.6) is 5.75 Å². The van der Waals surface area contributed by atoms with Gasteiger partial charge in [0.15, 0.2) is 0 Å². The second-order valence-corrected chi connectivity index (χ2v) is 4.73. The van der Waals surface area contributed by atoms with E-state index in [2.05, 4.69) is 0 Å². The molecular weight excluding hydrogens is 220 g/mol. The molecule has 2 saturated heterocycles. The second kappa shape index (κ2) is 3.47. The first kappa shape index (κ1) is 10.6. The quantitative estimate of drug-likeness (QED) is 0.859. The van der Waals surface area contributed by atoms with Gasteiger partial charge >= 0.3 is 5.97 Å². The average molecular weight is 234 g/mol. The van der Waals surface area contributed by atoms with E-state index < -0.39 is 11.9 Å². The third kappa shape index (κ3) is 1.24. The largest absolute Gasteiger partial charge is 0.496 e. The highest BCUT2D eigenvalue weighted by molar-refractivity contribution is 5.76. The predicted molar refractivity (Wildman–Crippen MR) is 60.2 cm³/mol. The molecular formula is C13H14O4. The number of hydrogen-bond acceptors (Lipinski definition) is 3. The van der Waals surface area contributed by atoms with Gasteiger partial charge in [-0.15, -0.1) is 0 Å². The first-order valence-electron chi connectivity index (χ1n) is 5.67. The number of aliphatic carboxylic acids is 1. The van der Waals surface area contributed by atoms with Gasteiger partial charge in [-0.05, 0) is 12.5 Å². The van der Waals surface area contributed by atoms with E-state index in [1.807, 2.05) is 24.3 Å². The topological polar surface area (TPSA) is 55.8 Å². The number of carboxylic acids is 1. The SMILES string of the molecule is COc1ccccc1[C@]12CO[C@H](C1)[C@H]2C(=O)O. The Morgan fingerprint density at radius 1 is 1.53 bits per heavy atom. The zero-order chi connectivity index (χ0) is 12.0. The van der Waals surface area contributed by atoms with Gasteiger partial charge in [-0.2, -0.15) is 0 Å².